The smallest absolute Gasteiger partial charge is 0.133 e. The summed E-state index contributed by atoms with van der Waals surface area (Å²) in [6, 6.07) is 8.36. The van der Waals surface area contributed by atoms with Crippen LogP contribution in [0.2, 0.25) is 0 Å². The van der Waals surface area contributed by atoms with Crippen LogP contribution in [-0.2, 0) is 0 Å². The molecule has 1 aromatic rings. The lowest BCUT2D eigenvalue weighted by molar-refractivity contribution is 0.242. The van der Waals surface area contributed by atoms with Crippen molar-refractivity contribution < 1.29 is 4.74 Å². The Morgan fingerprint density at radius 2 is 1.94 bits per heavy atom. The zero-order valence-electron chi connectivity index (χ0n) is 11.3. The third-order valence-electron chi connectivity index (χ3n) is 2.85. The minimum atomic E-state index is 0.213. The van der Waals surface area contributed by atoms with E-state index in [-0.39, 0.29) is 6.10 Å². The fourth-order valence-electron chi connectivity index (χ4n) is 1.94. The van der Waals surface area contributed by atoms with Crippen LogP contribution in [0.15, 0.2) is 24.3 Å². The Morgan fingerprint density at radius 1 is 1.28 bits per heavy atom. The second-order valence-electron chi connectivity index (χ2n) is 4.57. The van der Waals surface area contributed by atoms with Gasteiger partial charge in [0.2, 0.25) is 0 Å². The highest BCUT2D eigenvalue weighted by molar-refractivity contribution is 8.03. The number of hydrogen-bond donors (Lipinski definition) is 0. The van der Waals surface area contributed by atoms with Crippen LogP contribution >= 0.6 is 11.8 Å². The lowest BCUT2D eigenvalue weighted by Crippen LogP contribution is -2.05. The SMILES string of the molecule is CCC(CCSC#N)c1ccc(OC(C)C)cc1. The summed E-state index contributed by atoms with van der Waals surface area (Å²) >= 11 is 1.34. The predicted octanol–water partition coefficient (Wildman–Crippen LogP) is 4.57. The molecule has 0 amide bonds. The van der Waals surface area contributed by atoms with E-state index in [9.17, 15) is 0 Å². The highest BCUT2D eigenvalue weighted by Gasteiger charge is 2.09. The van der Waals surface area contributed by atoms with Crippen molar-refractivity contribution in [2.45, 2.75) is 45.6 Å². The summed E-state index contributed by atoms with van der Waals surface area (Å²) in [5.41, 5.74) is 1.34. The molecule has 2 nitrogen and oxygen atoms in total. The summed E-state index contributed by atoms with van der Waals surface area (Å²) in [5.74, 6) is 2.37. The molecule has 0 N–H and O–H groups in total. The van der Waals surface area contributed by atoms with Gasteiger partial charge < -0.3 is 4.74 Å². The summed E-state index contributed by atoms with van der Waals surface area (Å²) < 4.78 is 5.63. The molecular formula is C15H21NOS. The van der Waals surface area contributed by atoms with Crippen LogP contribution in [-0.4, -0.2) is 11.9 Å². The van der Waals surface area contributed by atoms with Gasteiger partial charge in [-0.3, -0.25) is 0 Å². The van der Waals surface area contributed by atoms with Crippen LogP contribution in [0, 0.1) is 10.7 Å². The lowest BCUT2D eigenvalue weighted by Gasteiger charge is -2.15. The van der Waals surface area contributed by atoms with Gasteiger partial charge in [0.15, 0.2) is 0 Å². The Hall–Kier alpha value is -1.14. The molecular weight excluding hydrogens is 242 g/mol. The summed E-state index contributed by atoms with van der Waals surface area (Å²) in [6.07, 6.45) is 2.38. The van der Waals surface area contributed by atoms with Gasteiger partial charge in [-0.25, -0.2) is 0 Å². The van der Waals surface area contributed by atoms with Crippen molar-refractivity contribution in [2.24, 2.45) is 0 Å². The molecule has 0 saturated carbocycles. The van der Waals surface area contributed by atoms with Crippen LogP contribution < -0.4 is 4.74 Å². The molecule has 3 heteroatoms. The van der Waals surface area contributed by atoms with E-state index in [0.717, 1.165) is 24.3 Å². The van der Waals surface area contributed by atoms with Gasteiger partial charge in [0.05, 0.1) is 6.10 Å². The number of rotatable bonds is 7. The first-order valence-corrected chi connectivity index (χ1v) is 7.43. The number of nitrogens with zero attached hydrogens (tertiary/aromatic N) is 1. The largest absolute Gasteiger partial charge is 0.491 e. The highest BCUT2D eigenvalue weighted by Crippen LogP contribution is 2.26. The number of ether oxygens (including phenoxy) is 1. The van der Waals surface area contributed by atoms with Gasteiger partial charge >= 0.3 is 0 Å². The molecule has 98 valence electrons. The van der Waals surface area contributed by atoms with Gasteiger partial charge in [-0.1, -0.05) is 19.1 Å². The molecule has 0 aliphatic heterocycles. The molecule has 1 rings (SSSR count). The van der Waals surface area contributed by atoms with Crippen LogP contribution in [0.4, 0.5) is 0 Å². The quantitative estimate of drug-likeness (QED) is 0.533. The number of thioether (sulfide) groups is 1. The van der Waals surface area contributed by atoms with E-state index in [1.807, 2.05) is 26.0 Å². The summed E-state index contributed by atoms with van der Waals surface area (Å²) in [7, 11) is 0. The standard InChI is InChI=1S/C15H21NOS/c1-4-13(9-10-18-11-16)14-5-7-15(8-6-14)17-12(2)3/h5-8,12-13H,4,9-10H2,1-3H3. The molecule has 0 fully saturated rings. The second-order valence-corrected chi connectivity index (χ2v) is 5.45. The predicted molar refractivity (Wildman–Crippen MR) is 77.9 cm³/mol. The maximum Gasteiger partial charge on any atom is 0.133 e. The number of hydrogen-bond acceptors (Lipinski definition) is 3. The summed E-state index contributed by atoms with van der Waals surface area (Å²) in [6.45, 7) is 6.25. The van der Waals surface area contributed by atoms with Gasteiger partial charge in [-0.15, -0.1) is 0 Å². The first-order chi connectivity index (χ1) is 8.67. The van der Waals surface area contributed by atoms with Gasteiger partial charge in [0.25, 0.3) is 0 Å². The maximum atomic E-state index is 8.54. The van der Waals surface area contributed by atoms with Crippen molar-refractivity contribution in [3.05, 3.63) is 29.8 Å². The van der Waals surface area contributed by atoms with E-state index < -0.39 is 0 Å². The van der Waals surface area contributed by atoms with E-state index in [1.165, 1.54) is 17.3 Å². The molecule has 0 aliphatic carbocycles. The molecule has 0 spiro atoms. The van der Waals surface area contributed by atoms with Crippen LogP contribution in [0.3, 0.4) is 0 Å². The Balaban J connectivity index is 2.61. The zero-order chi connectivity index (χ0) is 13.4. The first-order valence-electron chi connectivity index (χ1n) is 6.44. The average Bonchev–Trinajstić information content (AvgIpc) is 2.35. The Labute approximate surface area is 114 Å². The second kappa shape index (κ2) is 8.05. The van der Waals surface area contributed by atoms with Crippen molar-refractivity contribution >= 4 is 11.8 Å². The molecule has 0 saturated heterocycles. The number of nitriles is 1. The molecule has 18 heavy (non-hydrogen) atoms. The van der Waals surface area contributed by atoms with Crippen molar-refractivity contribution in [2.75, 3.05) is 5.75 Å². The van der Waals surface area contributed by atoms with E-state index in [4.69, 9.17) is 10.00 Å². The van der Waals surface area contributed by atoms with E-state index in [1.54, 1.807) is 0 Å². The Morgan fingerprint density at radius 3 is 2.44 bits per heavy atom. The molecule has 0 aromatic heterocycles. The average molecular weight is 263 g/mol. The van der Waals surface area contributed by atoms with E-state index in [0.29, 0.717) is 5.92 Å². The van der Waals surface area contributed by atoms with Gasteiger partial charge in [0.1, 0.15) is 11.2 Å². The Kier molecular flexibility index (Phi) is 6.67. The molecule has 1 unspecified atom stereocenters. The molecule has 1 aromatic carbocycles. The fourth-order valence-corrected chi connectivity index (χ4v) is 2.44. The minimum Gasteiger partial charge on any atom is -0.491 e. The van der Waals surface area contributed by atoms with Crippen molar-refractivity contribution in [1.29, 1.82) is 5.26 Å². The molecule has 0 radical (unpaired) electrons. The maximum absolute atomic E-state index is 8.54. The third-order valence-corrected chi connectivity index (χ3v) is 3.42. The van der Waals surface area contributed by atoms with Crippen LogP contribution in [0.25, 0.3) is 0 Å². The normalized spacial score (nSPS) is 12.2. The topological polar surface area (TPSA) is 33.0 Å². The van der Waals surface area contributed by atoms with Gasteiger partial charge in [-0.2, -0.15) is 5.26 Å². The number of benzene rings is 1. The zero-order valence-corrected chi connectivity index (χ0v) is 12.2. The van der Waals surface area contributed by atoms with Gasteiger partial charge in [-0.05, 0) is 62.1 Å². The molecule has 1 atom stereocenters. The van der Waals surface area contributed by atoms with Crippen LogP contribution in [0.1, 0.15) is 45.1 Å². The minimum absolute atomic E-state index is 0.213. The monoisotopic (exact) mass is 263 g/mol. The first kappa shape index (κ1) is 14.9. The fraction of sp³-hybridized carbons (Fsp3) is 0.533. The van der Waals surface area contributed by atoms with Crippen molar-refractivity contribution in [3.63, 3.8) is 0 Å². The summed E-state index contributed by atoms with van der Waals surface area (Å²) in [5, 5.41) is 10.7. The highest BCUT2D eigenvalue weighted by atomic mass is 32.2. The Bertz CT molecular complexity index is 380. The van der Waals surface area contributed by atoms with Crippen LogP contribution in [0.5, 0.6) is 5.75 Å². The molecule has 0 heterocycles. The third kappa shape index (κ3) is 5.01. The molecule has 0 bridgehead atoms. The van der Waals surface area contributed by atoms with E-state index in [2.05, 4.69) is 24.5 Å². The molecule has 0 aliphatic rings. The van der Waals surface area contributed by atoms with Gasteiger partial charge in [0, 0.05) is 5.75 Å². The lowest BCUT2D eigenvalue weighted by atomic mass is 9.94. The van der Waals surface area contributed by atoms with E-state index >= 15 is 0 Å². The van der Waals surface area contributed by atoms with Crippen molar-refractivity contribution in [3.8, 4) is 11.2 Å². The van der Waals surface area contributed by atoms with Crippen molar-refractivity contribution in [1.82, 2.24) is 0 Å². The summed E-state index contributed by atoms with van der Waals surface area (Å²) in [4.78, 5) is 0. The number of thiocyanates is 1.